The van der Waals surface area contributed by atoms with Gasteiger partial charge in [-0.3, -0.25) is 10.3 Å². The number of carboxylic acid groups (broad SMARTS) is 1. The van der Waals surface area contributed by atoms with Crippen LogP contribution in [0.1, 0.15) is 0 Å². The minimum Gasteiger partial charge on any atom is -0.465 e. The second-order valence-electron chi connectivity index (χ2n) is 3.19. The molecule has 2 heterocycles. The average Bonchev–Trinajstić information content (AvgIpc) is 2.32. The van der Waals surface area contributed by atoms with Crippen LogP contribution in [0.25, 0.3) is 11.3 Å². The molecule has 5 nitrogen and oxygen atoms in total. The van der Waals surface area contributed by atoms with Gasteiger partial charge in [0.1, 0.15) is 5.82 Å². The maximum absolute atomic E-state index is 10.5. The van der Waals surface area contributed by atoms with Crippen LogP contribution in [0.15, 0.2) is 41.1 Å². The van der Waals surface area contributed by atoms with Gasteiger partial charge in [-0.2, -0.15) is 0 Å². The highest BCUT2D eigenvalue weighted by atomic mass is 79.9. The molecule has 0 saturated heterocycles. The van der Waals surface area contributed by atoms with Gasteiger partial charge in [0.25, 0.3) is 0 Å². The highest BCUT2D eigenvalue weighted by Crippen LogP contribution is 2.27. The molecule has 0 radical (unpaired) electrons. The van der Waals surface area contributed by atoms with Crippen molar-refractivity contribution in [3.63, 3.8) is 0 Å². The Morgan fingerprint density at radius 3 is 2.82 bits per heavy atom. The van der Waals surface area contributed by atoms with Gasteiger partial charge in [-0.15, -0.1) is 0 Å². The van der Waals surface area contributed by atoms with Crippen LogP contribution in [-0.2, 0) is 0 Å². The summed E-state index contributed by atoms with van der Waals surface area (Å²) in [7, 11) is 0. The van der Waals surface area contributed by atoms with E-state index in [2.05, 4.69) is 31.2 Å². The Hall–Kier alpha value is -1.95. The monoisotopic (exact) mass is 293 g/mol. The second kappa shape index (κ2) is 4.92. The van der Waals surface area contributed by atoms with Gasteiger partial charge in [-0.05, 0) is 34.1 Å². The molecule has 2 aromatic rings. The molecular formula is C11H8BrN3O2. The molecule has 0 aliphatic carbocycles. The van der Waals surface area contributed by atoms with Crippen LogP contribution < -0.4 is 5.32 Å². The molecule has 17 heavy (non-hydrogen) atoms. The predicted octanol–water partition coefficient (Wildman–Crippen LogP) is 3.00. The van der Waals surface area contributed by atoms with E-state index in [0.29, 0.717) is 0 Å². The first-order valence-electron chi connectivity index (χ1n) is 4.74. The number of aromatic nitrogens is 2. The van der Waals surface area contributed by atoms with E-state index in [1.165, 1.54) is 6.20 Å². The van der Waals surface area contributed by atoms with Gasteiger partial charge in [-0.1, -0.05) is 6.07 Å². The number of carbonyl (C=O) groups is 1. The smallest absolute Gasteiger partial charge is 0.410 e. The molecule has 0 saturated carbocycles. The van der Waals surface area contributed by atoms with Crippen molar-refractivity contribution in [1.82, 2.24) is 9.97 Å². The van der Waals surface area contributed by atoms with Gasteiger partial charge in [0.15, 0.2) is 0 Å². The van der Waals surface area contributed by atoms with Gasteiger partial charge in [0.05, 0.1) is 5.69 Å². The molecule has 2 N–H and O–H groups in total. The van der Waals surface area contributed by atoms with Gasteiger partial charge in [-0.25, -0.2) is 9.78 Å². The minimum absolute atomic E-state index is 0.265. The maximum atomic E-state index is 10.5. The van der Waals surface area contributed by atoms with Crippen LogP contribution in [0, 0.1) is 0 Å². The second-order valence-corrected chi connectivity index (χ2v) is 4.05. The molecule has 0 aliphatic rings. The Balaban J connectivity index is 2.43. The summed E-state index contributed by atoms with van der Waals surface area (Å²) in [5.74, 6) is 0.265. The Bertz CT molecular complexity index is 546. The van der Waals surface area contributed by atoms with E-state index < -0.39 is 6.09 Å². The number of pyridine rings is 2. The lowest BCUT2D eigenvalue weighted by molar-refractivity contribution is 0.209. The number of hydrogen-bond acceptors (Lipinski definition) is 3. The summed E-state index contributed by atoms with van der Waals surface area (Å²) in [5, 5.41) is 10.8. The lowest BCUT2D eigenvalue weighted by Gasteiger charge is -2.06. The number of nitrogens with one attached hydrogen (secondary N) is 1. The van der Waals surface area contributed by atoms with E-state index in [0.717, 1.165) is 15.7 Å². The molecule has 0 spiro atoms. The Kier molecular flexibility index (Phi) is 3.34. The van der Waals surface area contributed by atoms with Gasteiger partial charge >= 0.3 is 6.09 Å². The number of amides is 1. The van der Waals surface area contributed by atoms with Crippen LogP contribution >= 0.6 is 15.9 Å². The fraction of sp³-hybridized carbons (Fsp3) is 0. The third-order valence-electron chi connectivity index (χ3n) is 2.03. The Morgan fingerprint density at radius 1 is 1.35 bits per heavy atom. The molecule has 86 valence electrons. The number of anilines is 1. The summed E-state index contributed by atoms with van der Waals surface area (Å²) in [6, 6.07) is 7.14. The first-order valence-corrected chi connectivity index (χ1v) is 5.53. The van der Waals surface area contributed by atoms with Crippen LogP contribution in [-0.4, -0.2) is 21.2 Å². The molecule has 1 amide bonds. The normalized spacial score (nSPS) is 9.94. The summed E-state index contributed by atoms with van der Waals surface area (Å²) in [6.07, 6.45) is 2.06. The third kappa shape index (κ3) is 2.79. The molecule has 0 atom stereocenters. The lowest BCUT2D eigenvalue weighted by Crippen LogP contribution is -2.08. The molecule has 0 aromatic carbocycles. The molecule has 6 heteroatoms. The van der Waals surface area contributed by atoms with Crippen molar-refractivity contribution < 1.29 is 9.90 Å². The molecule has 0 bridgehead atoms. The minimum atomic E-state index is -1.15. The quantitative estimate of drug-likeness (QED) is 0.892. The largest absolute Gasteiger partial charge is 0.465 e. The van der Waals surface area contributed by atoms with E-state index in [9.17, 15) is 4.79 Å². The molecule has 0 fully saturated rings. The zero-order valence-electron chi connectivity index (χ0n) is 8.59. The predicted molar refractivity (Wildman–Crippen MR) is 66.8 cm³/mol. The molecule has 2 rings (SSSR count). The van der Waals surface area contributed by atoms with E-state index in [-0.39, 0.29) is 5.82 Å². The third-order valence-corrected chi connectivity index (χ3v) is 2.66. The van der Waals surface area contributed by atoms with Crippen molar-refractivity contribution in [3.05, 3.63) is 41.1 Å². The van der Waals surface area contributed by atoms with Crippen LogP contribution in [0.5, 0.6) is 0 Å². The maximum Gasteiger partial charge on any atom is 0.410 e. The average molecular weight is 294 g/mol. The first kappa shape index (κ1) is 11.5. The standard InChI is InChI=1S/C11H8BrN3O2/c12-8-6-14-10(15-11(16)17)5-7(8)9-3-1-2-4-13-9/h1-6H,(H,14,15)(H,16,17). The van der Waals surface area contributed by atoms with Crippen molar-refractivity contribution in [2.45, 2.75) is 0 Å². The number of halogens is 1. The highest BCUT2D eigenvalue weighted by Gasteiger charge is 2.07. The number of hydrogen-bond donors (Lipinski definition) is 2. The lowest BCUT2D eigenvalue weighted by atomic mass is 10.2. The van der Waals surface area contributed by atoms with Crippen LogP contribution in [0.4, 0.5) is 10.6 Å². The van der Waals surface area contributed by atoms with Crippen molar-refractivity contribution in [3.8, 4) is 11.3 Å². The molecule has 0 unspecified atom stereocenters. The van der Waals surface area contributed by atoms with E-state index in [4.69, 9.17) is 5.11 Å². The number of nitrogens with zero attached hydrogens (tertiary/aromatic N) is 2. The van der Waals surface area contributed by atoms with E-state index in [1.807, 2.05) is 18.2 Å². The zero-order valence-corrected chi connectivity index (χ0v) is 10.2. The Morgan fingerprint density at radius 2 is 2.18 bits per heavy atom. The topological polar surface area (TPSA) is 75.1 Å². The summed E-state index contributed by atoms with van der Waals surface area (Å²) in [6.45, 7) is 0. The van der Waals surface area contributed by atoms with E-state index in [1.54, 1.807) is 12.3 Å². The zero-order chi connectivity index (χ0) is 12.3. The van der Waals surface area contributed by atoms with Gasteiger partial charge < -0.3 is 5.11 Å². The van der Waals surface area contributed by atoms with Crippen LogP contribution in [0.3, 0.4) is 0 Å². The number of rotatable bonds is 2. The van der Waals surface area contributed by atoms with Gasteiger partial charge in [0.2, 0.25) is 0 Å². The van der Waals surface area contributed by atoms with Gasteiger partial charge in [0, 0.05) is 22.4 Å². The fourth-order valence-electron chi connectivity index (χ4n) is 1.33. The summed E-state index contributed by atoms with van der Waals surface area (Å²) < 4.78 is 0.757. The van der Waals surface area contributed by atoms with Crippen molar-refractivity contribution >= 4 is 27.8 Å². The van der Waals surface area contributed by atoms with Crippen molar-refractivity contribution in [2.75, 3.05) is 5.32 Å². The summed E-state index contributed by atoms with van der Waals surface area (Å²) in [5.41, 5.74) is 1.53. The summed E-state index contributed by atoms with van der Waals surface area (Å²) >= 11 is 3.36. The van der Waals surface area contributed by atoms with Crippen molar-refractivity contribution in [1.29, 1.82) is 0 Å². The van der Waals surface area contributed by atoms with E-state index >= 15 is 0 Å². The summed E-state index contributed by atoms with van der Waals surface area (Å²) in [4.78, 5) is 18.7. The molecule has 0 aliphatic heterocycles. The fourth-order valence-corrected chi connectivity index (χ4v) is 1.75. The van der Waals surface area contributed by atoms with Crippen molar-refractivity contribution in [2.24, 2.45) is 0 Å². The highest BCUT2D eigenvalue weighted by molar-refractivity contribution is 9.10. The first-order chi connectivity index (χ1) is 8.16. The van der Waals surface area contributed by atoms with Crippen LogP contribution in [0.2, 0.25) is 0 Å². The SMILES string of the molecule is O=C(O)Nc1cc(-c2ccccn2)c(Br)cn1. The molecular weight excluding hydrogens is 286 g/mol. The Labute approximate surface area is 106 Å². The molecule has 2 aromatic heterocycles.